The lowest BCUT2D eigenvalue weighted by atomic mass is 10.1. The topological polar surface area (TPSA) is 38.8 Å². The molecule has 1 aliphatic heterocycles. The highest BCUT2D eigenvalue weighted by atomic mass is 79.9. The number of hydrogen-bond acceptors (Lipinski definition) is 3. The van der Waals surface area contributed by atoms with Gasteiger partial charge in [-0.3, -0.25) is 8.72 Å². The molecule has 1 saturated heterocycles. The van der Waals surface area contributed by atoms with Crippen LogP contribution in [0.25, 0.3) is 0 Å². The van der Waals surface area contributed by atoms with Crippen molar-refractivity contribution in [2.45, 2.75) is 12.5 Å². The maximum atomic E-state index is 10.6. The Morgan fingerprint density at radius 1 is 1.90 bits per heavy atom. The maximum absolute atomic E-state index is 10.6. The van der Waals surface area contributed by atoms with Crippen molar-refractivity contribution in [3.63, 3.8) is 0 Å². The van der Waals surface area contributed by atoms with Crippen LogP contribution < -0.4 is 0 Å². The summed E-state index contributed by atoms with van der Waals surface area (Å²) >= 11 is 3.07. The molecule has 1 fully saturated rings. The van der Waals surface area contributed by atoms with E-state index in [0.717, 1.165) is 0 Å². The fraction of sp³-hybridized carbons (Fsp3) is 0.800. The third-order valence-corrected chi connectivity index (χ3v) is 2.32. The van der Waals surface area contributed by atoms with E-state index in [1.165, 1.54) is 11.0 Å². The van der Waals surface area contributed by atoms with Gasteiger partial charge in [0.1, 0.15) is 6.61 Å². The van der Waals surface area contributed by atoms with Crippen molar-refractivity contribution >= 4 is 22.1 Å². The smallest absolute Gasteiger partial charge is 0.234 e. The van der Waals surface area contributed by atoms with Crippen LogP contribution in [0.15, 0.2) is 0 Å². The van der Waals surface area contributed by atoms with E-state index in [1.54, 1.807) is 0 Å². The van der Waals surface area contributed by atoms with Gasteiger partial charge in [-0.05, 0) is 0 Å². The number of carbonyl (C=O) groups excluding carboxylic acids is 1. The van der Waals surface area contributed by atoms with Crippen LogP contribution >= 0.6 is 16.1 Å². The van der Waals surface area contributed by atoms with Gasteiger partial charge >= 0.3 is 0 Å². The second kappa shape index (κ2) is 3.32. The molecule has 0 N–H and O–H groups in total. The summed E-state index contributed by atoms with van der Waals surface area (Å²) in [6.45, 7) is 0.424. The minimum atomic E-state index is 0.0877. The van der Waals surface area contributed by atoms with Crippen molar-refractivity contribution in [2.75, 3.05) is 13.7 Å². The Bertz CT molecular complexity index is 141. The van der Waals surface area contributed by atoms with Crippen LogP contribution in [0.3, 0.4) is 0 Å². The van der Waals surface area contributed by atoms with Crippen LogP contribution in [-0.4, -0.2) is 29.6 Å². The molecule has 0 aromatic rings. The molecule has 4 nitrogen and oxygen atoms in total. The Morgan fingerprint density at radius 2 is 2.60 bits per heavy atom. The largest absolute Gasteiger partial charge is 0.274 e. The highest BCUT2D eigenvalue weighted by Gasteiger charge is 2.34. The van der Waals surface area contributed by atoms with Gasteiger partial charge in [-0.1, -0.05) is 0 Å². The minimum absolute atomic E-state index is 0.0877. The molecule has 0 aliphatic carbocycles. The van der Waals surface area contributed by atoms with Crippen LogP contribution in [0.1, 0.15) is 6.42 Å². The lowest BCUT2D eigenvalue weighted by Gasteiger charge is -2.33. The van der Waals surface area contributed by atoms with Gasteiger partial charge in [0.2, 0.25) is 5.91 Å². The van der Waals surface area contributed by atoms with E-state index in [9.17, 15) is 4.79 Å². The predicted octanol–water partition coefficient (Wildman–Crippen LogP) is 0.475. The van der Waals surface area contributed by atoms with Gasteiger partial charge in [-0.25, -0.2) is 9.78 Å². The Morgan fingerprint density at radius 3 is 3.00 bits per heavy atom. The summed E-state index contributed by atoms with van der Waals surface area (Å²) in [5, 5.41) is 0. The van der Waals surface area contributed by atoms with Crippen LogP contribution in [-0.2, 0) is 14.6 Å². The van der Waals surface area contributed by atoms with E-state index < -0.39 is 0 Å². The molecule has 0 radical (unpaired) electrons. The molecule has 0 spiro atoms. The van der Waals surface area contributed by atoms with Crippen molar-refractivity contribution in [3.05, 3.63) is 0 Å². The highest BCUT2D eigenvalue weighted by Crippen LogP contribution is 2.22. The lowest BCUT2D eigenvalue weighted by Crippen LogP contribution is -2.48. The third kappa shape index (κ3) is 1.47. The summed E-state index contributed by atoms with van der Waals surface area (Å²) in [5.41, 5.74) is 0. The van der Waals surface area contributed by atoms with Gasteiger partial charge in [0.05, 0.1) is 35.7 Å². The summed E-state index contributed by atoms with van der Waals surface area (Å²) in [6.07, 6.45) is 0.536. The number of amides is 1. The normalized spacial score (nSPS) is 24.8. The van der Waals surface area contributed by atoms with Crippen LogP contribution in [0, 0.1) is 0 Å². The van der Waals surface area contributed by atoms with Crippen molar-refractivity contribution in [1.82, 2.24) is 3.93 Å². The summed E-state index contributed by atoms with van der Waals surface area (Å²) in [5.74, 6) is 0.0877. The van der Waals surface area contributed by atoms with Gasteiger partial charge in [-0.15, -0.1) is 0 Å². The standard InChI is InChI=1S/C5H8BrNO3/c1-9-10-3-4-2-5(8)7(4)6/h4H,2-3H2,1H3. The first kappa shape index (κ1) is 7.97. The van der Waals surface area contributed by atoms with Gasteiger partial charge in [0, 0.05) is 0 Å². The molecule has 0 bridgehead atoms. The molecule has 0 aromatic carbocycles. The Hall–Kier alpha value is -0.130. The molecule has 1 unspecified atom stereocenters. The fourth-order valence-corrected chi connectivity index (χ4v) is 1.14. The van der Waals surface area contributed by atoms with Crippen LogP contribution in [0.2, 0.25) is 0 Å². The van der Waals surface area contributed by atoms with Crippen molar-refractivity contribution in [2.24, 2.45) is 0 Å². The van der Waals surface area contributed by atoms with Crippen LogP contribution in [0.5, 0.6) is 0 Å². The highest BCUT2D eigenvalue weighted by molar-refractivity contribution is 9.07. The summed E-state index contributed by atoms with van der Waals surface area (Å²) in [4.78, 5) is 19.6. The molecular formula is C5H8BrNO3. The number of β-lactam (4-membered cyclic amide) rings is 1. The quantitative estimate of drug-likeness (QED) is 0.294. The zero-order valence-corrected chi connectivity index (χ0v) is 7.13. The molecule has 10 heavy (non-hydrogen) atoms. The number of nitrogens with zero attached hydrogens (tertiary/aromatic N) is 1. The van der Waals surface area contributed by atoms with E-state index >= 15 is 0 Å². The molecule has 1 atom stereocenters. The molecule has 5 heteroatoms. The number of hydrogen-bond donors (Lipinski definition) is 0. The zero-order valence-electron chi connectivity index (χ0n) is 5.54. The first-order valence-corrected chi connectivity index (χ1v) is 3.60. The number of carbonyl (C=O) groups is 1. The molecular weight excluding hydrogens is 202 g/mol. The van der Waals surface area contributed by atoms with Gasteiger partial charge in [0.15, 0.2) is 0 Å². The monoisotopic (exact) mass is 209 g/mol. The van der Waals surface area contributed by atoms with Crippen molar-refractivity contribution < 1.29 is 14.6 Å². The molecule has 0 saturated carbocycles. The third-order valence-electron chi connectivity index (χ3n) is 1.35. The second-order valence-corrected chi connectivity index (χ2v) is 2.78. The molecule has 0 aromatic heterocycles. The Balaban J connectivity index is 2.14. The zero-order chi connectivity index (χ0) is 7.56. The maximum Gasteiger partial charge on any atom is 0.234 e. The van der Waals surface area contributed by atoms with E-state index in [-0.39, 0.29) is 11.9 Å². The molecule has 58 valence electrons. The van der Waals surface area contributed by atoms with Crippen LogP contribution in [0.4, 0.5) is 0 Å². The van der Waals surface area contributed by atoms with E-state index in [4.69, 9.17) is 0 Å². The fourth-order valence-electron chi connectivity index (χ4n) is 0.731. The SMILES string of the molecule is COOCC1CC(=O)N1Br. The number of rotatable bonds is 3. The van der Waals surface area contributed by atoms with Gasteiger partial charge < -0.3 is 0 Å². The molecule has 1 heterocycles. The summed E-state index contributed by atoms with van der Waals surface area (Å²) < 4.78 is 1.46. The minimum Gasteiger partial charge on any atom is -0.274 e. The average molecular weight is 210 g/mol. The number of halogens is 1. The molecule has 1 rings (SSSR count). The van der Waals surface area contributed by atoms with Gasteiger partial charge in [-0.2, -0.15) is 0 Å². The lowest BCUT2D eigenvalue weighted by molar-refractivity contribution is -0.280. The van der Waals surface area contributed by atoms with Crippen molar-refractivity contribution in [1.29, 1.82) is 0 Å². The van der Waals surface area contributed by atoms with Gasteiger partial charge in [0.25, 0.3) is 0 Å². The van der Waals surface area contributed by atoms with E-state index in [0.29, 0.717) is 13.0 Å². The second-order valence-electron chi connectivity index (χ2n) is 2.01. The summed E-state index contributed by atoms with van der Waals surface area (Å²) in [7, 11) is 1.44. The first-order valence-electron chi connectivity index (χ1n) is 2.89. The Labute approximate surface area is 67.3 Å². The molecule has 1 amide bonds. The van der Waals surface area contributed by atoms with E-state index in [1.807, 2.05) is 0 Å². The molecule has 1 aliphatic rings. The Kier molecular flexibility index (Phi) is 2.64. The summed E-state index contributed by atoms with van der Waals surface area (Å²) in [6, 6.07) is 0.132. The predicted molar refractivity (Wildman–Crippen MR) is 37.1 cm³/mol. The van der Waals surface area contributed by atoms with Crippen molar-refractivity contribution in [3.8, 4) is 0 Å². The van der Waals surface area contributed by atoms with E-state index in [2.05, 4.69) is 25.9 Å². The first-order chi connectivity index (χ1) is 4.75. The average Bonchev–Trinajstić information content (AvgIpc) is 1.97.